The van der Waals surface area contributed by atoms with E-state index in [4.69, 9.17) is 5.73 Å². The molecule has 0 aliphatic carbocycles. The molecular weight excluding hydrogens is 775 g/mol. The summed E-state index contributed by atoms with van der Waals surface area (Å²) in [5.74, 6) is 0. The quantitative estimate of drug-likeness (QED) is 0.0207. The topological polar surface area (TPSA) is 137 Å². The molecule has 0 aromatic heterocycles. The molecule has 0 spiro atoms. The van der Waals surface area contributed by atoms with Crippen LogP contribution in [0.4, 0.5) is 4.79 Å². The smallest absolute Gasteiger partial charge is 0.314 e. The highest BCUT2D eigenvalue weighted by Crippen LogP contribution is 2.30. The minimum atomic E-state index is -0.190. The summed E-state index contributed by atoms with van der Waals surface area (Å²) in [5.41, 5.74) is 10.2. The first kappa shape index (κ1) is 61.1. The molecule has 8 nitrogen and oxygen atoms in total. The summed E-state index contributed by atoms with van der Waals surface area (Å²) in [6.45, 7) is 7.47. The van der Waals surface area contributed by atoms with Crippen molar-refractivity contribution in [1.82, 2.24) is 10.6 Å². The fraction of sp³-hybridized carbons (Fsp3) is 0.471. The van der Waals surface area contributed by atoms with Crippen LogP contribution in [0.15, 0.2) is 126 Å². The third-order valence-corrected chi connectivity index (χ3v) is 10.3. The Morgan fingerprint density at radius 1 is 0.607 bits per heavy atom. The number of aliphatic imine (C=N–C) groups is 1. The highest BCUT2D eigenvalue weighted by Gasteiger charge is 2.25. The normalized spacial score (nSPS) is 12.0. The van der Waals surface area contributed by atoms with Gasteiger partial charge >= 0.3 is 6.03 Å². The predicted molar refractivity (Wildman–Crippen MR) is 268 cm³/mol. The third-order valence-electron chi connectivity index (χ3n) is 10.3. The highest BCUT2D eigenvalue weighted by atomic mass is 32.1. The number of unbranched alkanes of at least 4 members (excludes halogenated alkanes) is 4. The van der Waals surface area contributed by atoms with E-state index in [1.807, 2.05) is 72.8 Å². The maximum atomic E-state index is 11.8. The van der Waals surface area contributed by atoms with Gasteiger partial charge in [-0.2, -0.15) is 13.5 Å². The number of aliphatic hydroxyl groups excluding tert-OH is 2. The van der Waals surface area contributed by atoms with Crippen LogP contribution < -0.4 is 16.4 Å². The molecule has 6 N–H and O–H groups in total. The van der Waals surface area contributed by atoms with E-state index in [0.29, 0.717) is 19.4 Å². The van der Waals surface area contributed by atoms with E-state index in [0.717, 1.165) is 90.1 Å². The maximum absolute atomic E-state index is 11.8. The second-order valence-corrected chi connectivity index (χ2v) is 15.1. The molecule has 3 radical (unpaired) electrons. The summed E-state index contributed by atoms with van der Waals surface area (Å²) in [4.78, 5) is 25.6. The zero-order chi connectivity index (χ0) is 41.3. The fourth-order valence-corrected chi connectivity index (χ4v) is 6.50. The second kappa shape index (κ2) is 38.7. The molecule has 0 bridgehead atoms. The number of aliphatic hydroxyl groups is 2. The number of hydrogen-bond donors (Lipinski definition) is 5. The lowest BCUT2D eigenvalue weighted by Crippen LogP contribution is -2.36. The van der Waals surface area contributed by atoms with Crippen molar-refractivity contribution in [3.63, 3.8) is 0 Å². The molecule has 0 heterocycles. The van der Waals surface area contributed by atoms with E-state index in [9.17, 15) is 19.8 Å². The van der Waals surface area contributed by atoms with Crippen molar-refractivity contribution < 1.29 is 19.8 Å². The molecule has 2 amide bonds. The lowest BCUT2D eigenvalue weighted by molar-refractivity contribution is -0.102. The average molecular weight is 856 g/mol. The van der Waals surface area contributed by atoms with Crippen LogP contribution >= 0.6 is 13.5 Å². The van der Waals surface area contributed by atoms with Crippen LogP contribution in [0.5, 0.6) is 0 Å². The number of aryl methyl sites for hydroxylation is 2. The van der Waals surface area contributed by atoms with Gasteiger partial charge in [-0.25, -0.2) is 4.79 Å². The molecule has 2 atom stereocenters. The number of nitrogens with zero attached hydrogens (tertiary/aromatic N) is 1. The Hall–Kier alpha value is -4.22. The third kappa shape index (κ3) is 27.4. The summed E-state index contributed by atoms with van der Waals surface area (Å²) in [6.07, 6.45) is 14.3. The van der Waals surface area contributed by atoms with Crippen molar-refractivity contribution >= 4 is 40.4 Å². The number of carbonyl (C=O) groups excluding carboxylic acids is 2. The van der Waals surface area contributed by atoms with E-state index in [-0.39, 0.29) is 66.8 Å². The van der Waals surface area contributed by atoms with Crippen molar-refractivity contribution in [1.29, 1.82) is 0 Å². The molecule has 337 valence electrons. The molecule has 4 aromatic rings. The van der Waals surface area contributed by atoms with Gasteiger partial charge in [0.1, 0.15) is 0 Å². The fourth-order valence-electron chi connectivity index (χ4n) is 6.50. The largest absolute Gasteiger partial charge is 0.395 e. The van der Waals surface area contributed by atoms with E-state index < -0.39 is 0 Å². The Kier molecular flexibility index (Phi) is 38.7. The SMILES string of the molecule is C.C.CC(CO)(CCCCCN)c1ccccc1.CC(CO)(CCCCCNC(=O)NCCCc1ccccc1)c1ccccc1.O=CC=NCCCc1ccccc1.S.[B]. The van der Waals surface area contributed by atoms with Gasteiger partial charge in [0.05, 0.1) is 19.4 Å². The van der Waals surface area contributed by atoms with Gasteiger partial charge in [-0.1, -0.05) is 176 Å². The number of benzene rings is 4. The molecule has 0 aliphatic heterocycles. The summed E-state index contributed by atoms with van der Waals surface area (Å²) in [7, 11) is 0. The molecule has 2 unspecified atom stereocenters. The first-order valence-electron chi connectivity index (χ1n) is 20.9. The summed E-state index contributed by atoms with van der Waals surface area (Å²) >= 11 is 0. The first-order chi connectivity index (χ1) is 27.8. The molecule has 0 fully saturated rings. The standard InChI is InChI=1S/C24H34N2O2.C14H23NO.C11H13NO.2CH4.B.H2S/c1-24(20-27,22-15-7-3-8-16-22)17-9-4-10-18-25-23(28)26-19-11-14-21-12-5-2-6-13-21;1-14(12-16,10-6-3-7-11-15)13-8-4-2-5-9-13;13-10-9-12-8-4-7-11-5-2-1-3-6-11;;;;/h2-3,5-8,12-13,15-16,27H,4,9-11,14,17-20H2,1H3,(H2,25,26,28);2,4-5,8-9,16H,3,6-7,10-12,15H2,1H3;1-3,5-6,9-10H,4,7-8H2;2*1H4;;1H2. The Morgan fingerprint density at radius 2 is 1.00 bits per heavy atom. The van der Waals surface area contributed by atoms with Gasteiger partial charge in [0, 0.05) is 38.9 Å². The zero-order valence-corrected chi connectivity index (χ0v) is 36.7. The molecule has 0 saturated carbocycles. The van der Waals surface area contributed by atoms with Crippen molar-refractivity contribution in [2.24, 2.45) is 10.7 Å². The lowest BCUT2D eigenvalue weighted by Gasteiger charge is -2.28. The van der Waals surface area contributed by atoms with Crippen LogP contribution in [-0.2, 0) is 28.5 Å². The van der Waals surface area contributed by atoms with Crippen molar-refractivity contribution in [3.05, 3.63) is 144 Å². The maximum Gasteiger partial charge on any atom is 0.314 e. The summed E-state index contributed by atoms with van der Waals surface area (Å²) in [5, 5.41) is 25.2. The predicted octanol–water partition coefficient (Wildman–Crippen LogP) is 9.78. The first-order valence-corrected chi connectivity index (χ1v) is 20.9. The number of rotatable bonds is 24. The molecule has 4 rings (SSSR count). The number of urea groups is 1. The van der Waals surface area contributed by atoms with Crippen molar-refractivity contribution in [2.75, 3.05) is 39.4 Å². The number of amides is 2. The number of aldehydes is 1. The molecule has 0 saturated heterocycles. The monoisotopic (exact) mass is 856 g/mol. The number of hydrogen-bond acceptors (Lipinski definition) is 6. The van der Waals surface area contributed by atoms with Crippen molar-refractivity contribution in [2.45, 2.75) is 117 Å². The number of nitrogens with one attached hydrogen (secondary N) is 2. The molecule has 61 heavy (non-hydrogen) atoms. The van der Waals surface area contributed by atoms with Crippen LogP contribution in [0, 0.1) is 0 Å². The second-order valence-electron chi connectivity index (χ2n) is 15.1. The number of carbonyl (C=O) groups is 2. The van der Waals surface area contributed by atoms with Gasteiger partial charge in [-0.05, 0) is 80.2 Å². The Labute approximate surface area is 379 Å². The van der Waals surface area contributed by atoms with Crippen LogP contribution in [0.2, 0.25) is 0 Å². The molecular formula is C51H80BN4O4S. The minimum absolute atomic E-state index is 0. The minimum Gasteiger partial charge on any atom is -0.395 e. The van der Waals surface area contributed by atoms with Gasteiger partial charge in [0.2, 0.25) is 0 Å². The van der Waals surface area contributed by atoms with E-state index in [1.165, 1.54) is 28.5 Å². The lowest BCUT2D eigenvalue weighted by atomic mass is 9.79. The van der Waals surface area contributed by atoms with Crippen LogP contribution in [0.1, 0.15) is 115 Å². The number of nitrogens with two attached hydrogens (primary N) is 1. The summed E-state index contributed by atoms with van der Waals surface area (Å²) in [6, 6.07) is 41.0. The Balaban J connectivity index is -0.000000873. The van der Waals surface area contributed by atoms with E-state index in [1.54, 1.807) is 0 Å². The Bertz CT molecular complexity index is 1610. The highest BCUT2D eigenvalue weighted by molar-refractivity contribution is 7.59. The molecule has 10 heteroatoms. The van der Waals surface area contributed by atoms with Gasteiger partial charge < -0.3 is 26.6 Å². The van der Waals surface area contributed by atoms with Crippen LogP contribution in [-0.4, -0.2) is 76.6 Å². The van der Waals surface area contributed by atoms with Gasteiger partial charge in [-0.3, -0.25) is 9.79 Å². The van der Waals surface area contributed by atoms with Gasteiger partial charge in [0.15, 0.2) is 6.29 Å². The van der Waals surface area contributed by atoms with E-state index >= 15 is 0 Å². The molecule has 4 aromatic carbocycles. The Morgan fingerprint density at radius 3 is 1.41 bits per heavy atom. The van der Waals surface area contributed by atoms with Gasteiger partial charge in [-0.15, -0.1) is 0 Å². The molecule has 0 aliphatic rings. The summed E-state index contributed by atoms with van der Waals surface area (Å²) < 4.78 is 0. The average Bonchev–Trinajstić information content (AvgIpc) is 3.26. The van der Waals surface area contributed by atoms with E-state index in [2.05, 4.69) is 78.0 Å². The zero-order valence-electron chi connectivity index (χ0n) is 35.7. The van der Waals surface area contributed by atoms with Crippen LogP contribution in [0.3, 0.4) is 0 Å². The van der Waals surface area contributed by atoms with Gasteiger partial charge in [0.25, 0.3) is 0 Å². The van der Waals surface area contributed by atoms with Crippen molar-refractivity contribution in [3.8, 4) is 0 Å². The van der Waals surface area contributed by atoms with Crippen LogP contribution in [0.25, 0.3) is 0 Å².